The van der Waals surface area contributed by atoms with Crippen molar-refractivity contribution in [2.45, 2.75) is 77.3 Å². The third-order valence-electron chi connectivity index (χ3n) is 4.97. The van der Waals surface area contributed by atoms with Crippen LogP contribution in [0, 0.1) is 5.92 Å². The van der Waals surface area contributed by atoms with Gasteiger partial charge >= 0.3 is 0 Å². The van der Waals surface area contributed by atoms with E-state index >= 15 is 0 Å². The predicted molar refractivity (Wildman–Crippen MR) is 81.0 cm³/mol. The van der Waals surface area contributed by atoms with Crippen LogP contribution >= 0.6 is 0 Å². The van der Waals surface area contributed by atoms with Crippen molar-refractivity contribution in [3.63, 3.8) is 0 Å². The Hall–Kier alpha value is -0.0800. The molecule has 0 aromatic rings. The van der Waals surface area contributed by atoms with Crippen molar-refractivity contribution in [3.05, 3.63) is 0 Å². The molecule has 0 radical (unpaired) electrons. The van der Waals surface area contributed by atoms with Crippen molar-refractivity contribution in [1.82, 2.24) is 10.2 Å². The van der Waals surface area contributed by atoms with E-state index in [0.29, 0.717) is 11.6 Å². The zero-order valence-corrected chi connectivity index (χ0v) is 13.3. The third kappa shape index (κ3) is 3.96. The van der Waals surface area contributed by atoms with Crippen LogP contribution in [0.25, 0.3) is 0 Å². The standard InChI is InChI=1S/C16H34N2/c1-6-13-17-15(12-11-14-9-10-14)16(7-2,8-3)18(4)5/h14-15,17H,6-13H2,1-5H3. The first kappa shape index (κ1) is 16.0. The summed E-state index contributed by atoms with van der Waals surface area (Å²) in [6.45, 7) is 8.12. The van der Waals surface area contributed by atoms with E-state index in [9.17, 15) is 0 Å². The zero-order valence-electron chi connectivity index (χ0n) is 13.3. The maximum atomic E-state index is 3.84. The molecule has 0 heterocycles. The fraction of sp³-hybridized carbons (Fsp3) is 1.00. The highest BCUT2D eigenvalue weighted by Gasteiger charge is 2.38. The lowest BCUT2D eigenvalue weighted by Gasteiger charge is -2.46. The smallest absolute Gasteiger partial charge is 0.0351 e. The van der Waals surface area contributed by atoms with E-state index in [1.165, 1.54) is 44.9 Å². The van der Waals surface area contributed by atoms with Gasteiger partial charge in [0.15, 0.2) is 0 Å². The molecule has 0 amide bonds. The molecule has 1 atom stereocenters. The summed E-state index contributed by atoms with van der Waals surface area (Å²) in [6, 6.07) is 0.656. The highest BCUT2D eigenvalue weighted by atomic mass is 15.2. The van der Waals surface area contributed by atoms with Gasteiger partial charge in [-0.2, -0.15) is 0 Å². The molecule has 18 heavy (non-hydrogen) atoms. The topological polar surface area (TPSA) is 15.3 Å². The Kier molecular flexibility index (Phi) is 6.65. The number of hydrogen-bond donors (Lipinski definition) is 1. The van der Waals surface area contributed by atoms with Gasteiger partial charge in [-0.15, -0.1) is 0 Å². The molecular formula is C16H34N2. The molecule has 0 aromatic carbocycles. The Labute approximate surface area is 115 Å². The Balaban J connectivity index is 2.67. The van der Waals surface area contributed by atoms with Crippen LogP contribution in [0.3, 0.4) is 0 Å². The van der Waals surface area contributed by atoms with Crippen LogP contribution in [0.4, 0.5) is 0 Å². The molecular weight excluding hydrogens is 220 g/mol. The molecule has 1 N–H and O–H groups in total. The molecule has 2 nitrogen and oxygen atoms in total. The van der Waals surface area contributed by atoms with Crippen LogP contribution in [0.5, 0.6) is 0 Å². The van der Waals surface area contributed by atoms with Gasteiger partial charge in [0.25, 0.3) is 0 Å². The fourth-order valence-electron chi connectivity index (χ4n) is 3.38. The van der Waals surface area contributed by atoms with E-state index in [4.69, 9.17) is 0 Å². The Morgan fingerprint density at radius 3 is 2.17 bits per heavy atom. The van der Waals surface area contributed by atoms with Gasteiger partial charge in [0, 0.05) is 11.6 Å². The van der Waals surface area contributed by atoms with Gasteiger partial charge in [0.1, 0.15) is 0 Å². The minimum Gasteiger partial charge on any atom is -0.312 e. The van der Waals surface area contributed by atoms with Crippen LogP contribution in [0.15, 0.2) is 0 Å². The second kappa shape index (κ2) is 7.49. The van der Waals surface area contributed by atoms with Gasteiger partial charge in [0.2, 0.25) is 0 Å². The number of nitrogens with one attached hydrogen (secondary N) is 1. The lowest BCUT2D eigenvalue weighted by atomic mass is 9.80. The molecule has 1 aliphatic rings. The quantitative estimate of drug-likeness (QED) is 0.640. The molecule has 1 fully saturated rings. The first-order valence-electron chi connectivity index (χ1n) is 8.01. The van der Waals surface area contributed by atoms with Gasteiger partial charge in [-0.3, -0.25) is 0 Å². The Morgan fingerprint density at radius 2 is 1.78 bits per heavy atom. The number of hydrogen-bond acceptors (Lipinski definition) is 2. The highest BCUT2D eigenvalue weighted by Crippen LogP contribution is 2.36. The molecule has 1 aliphatic carbocycles. The molecule has 1 unspecified atom stereocenters. The number of likely N-dealkylation sites (N-methyl/N-ethyl adjacent to an activating group) is 1. The second-order valence-corrected chi connectivity index (χ2v) is 6.23. The average molecular weight is 254 g/mol. The van der Waals surface area contributed by atoms with Gasteiger partial charge in [-0.05, 0) is 58.7 Å². The van der Waals surface area contributed by atoms with E-state index in [2.05, 4.69) is 45.1 Å². The summed E-state index contributed by atoms with van der Waals surface area (Å²) in [5.74, 6) is 1.05. The fourth-order valence-corrected chi connectivity index (χ4v) is 3.38. The van der Waals surface area contributed by atoms with Crippen LogP contribution in [0.1, 0.15) is 65.7 Å². The van der Waals surface area contributed by atoms with E-state index in [1.54, 1.807) is 0 Å². The van der Waals surface area contributed by atoms with Gasteiger partial charge in [-0.25, -0.2) is 0 Å². The summed E-state index contributed by atoms with van der Waals surface area (Å²) < 4.78 is 0. The van der Waals surface area contributed by atoms with Crippen LogP contribution in [-0.2, 0) is 0 Å². The summed E-state index contributed by atoms with van der Waals surface area (Å²) in [6.07, 6.45) is 9.45. The van der Waals surface area contributed by atoms with Crippen LogP contribution in [-0.4, -0.2) is 37.1 Å². The molecule has 1 rings (SSSR count). The lowest BCUT2D eigenvalue weighted by Crippen LogP contribution is -2.58. The van der Waals surface area contributed by atoms with Crippen molar-refractivity contribution in [2.24, 2.45) is 5.92 Å². The number of nitrogens with zero attached hydrogens (tertiary/aromatic N) is 1. The summed E-state index contributed by atoms with van der Waals surface area (Å²) in [4.78, 5) is 2.47. The average Bonchev–Trinajstić information content (AvgIpc) is 3.17. The Bertz CT molecular complexity index is 217. The first-order chi connectivity index (χ1) is 8.60. The minimum atomic E-state index is 0.337. The van der Waals surface area contributed by atoms with Crippen LogP contribution < -0.4 is 5.32 Å². The summed E-state index contributed by atoms with van der Waals surface area (Å²) in [7, 11) is 4.51. The first-order valence-corrected chi connectivity index (χ1v) is 8.01. The van der Waals surface area contributed by atoms with E-state index < -0.39 is 0 Å². The van der Waals surface area contributed by atoms with Crippen molar-refractivity contribution in [3.8, 4) is 0 Å². The van der Waals surface area contributed by atoms with Crippen LogP contribution in [0.2, 0.25) is 0 Å². The lowest BCUT2D eigenvalue weighted by molar-refractivity contribution is 0.0824. The normalized spacial score (nSPS) is 18.3. The van der Waals surface area contributed by atoms with Crippen molar-refractivity contribution < 1.29 is 0 Å². The Morgan fingerprint density at radius 1 is 1.17 bits per heavy atom. The zero-order chi connectivity index (χ0) is 13.6. The van der Waals surface area contributed by atoms with Gasteiger partial charge in [-0.1, -0.05) is 33.6 Å². The van der Waals surface area contributed by atoms with E-state index in [1.807, 2.05) is 0 Å². The SMILES string of the molecule is CCCNC(CCC1CC1)C(CC)(CC)N(C)C. The minimum absolute atomic E-state index is 0.337. The van der Waals surface area contributed by atoms with E-state index in [0.717, 1.165) is 12.5 Å². The molecule has 2 heteroatoms. The monoisotopic (exact) mass is 254 g/mol. The third-order valence-corrected chi connectivity index (χ3v) is 4.97. The predicted octanol–water partition coefficient (Wildman–Crippen LogP) is 3.67. The molecule has 0 aliphatic heterocycles. The largest absolute Gasteiger partial charge is 0.312 e. The van der Waals surface area contributed by atoms with Crippen molar-refractivity contribution >= 4 is 0 Å². The summed E-state index contributed by atoms with van der Waals surface area (Å²) in [5.41, 5.74) is 0.337. The van der Waals surface area contributed by atoms with E-state index in [-0.39, 0.29) is 0 Å². The summed E-state index contributed by atoms with van der Waals surface area (Å²) >= 11 is 0. The highest BCUT2D eigenvalue weighted by molar-refractivity contribution is 4.97. The van der Waals surface area contributed by atoms with Gasteiger partial charge < -0.3 is 10.2 Å². The number of rotatable bonds is 10. The summed E-state index contributed by atoms with van der Waals surface area (Å²) in [5, 5.41) is 3.84. The molecule has 0 aromatic heterocycles. The molecule has 0 spiro atoms. The van der Waals surface area contributed by atoms with Gasteiger partial charge in [0.05, 0.1) is 0 Å². The maximum absolute atomic E-state index is 3.84. The second-order valence-electron chi connectivity index (χ2n) is 6.23. The molecule has 0 saturated heterocycles. The molecule has 0 bridgehead atoms. The maximum Gasteiger partial charge on any atom is 0.0351 e. The van der Waals surface area contributed by atoms with Crippen molar-refractivity contribution in [1.29, 1.82) is 0 Å². The molecule has 108 valence electrons. The van der Waals surface area contributed by atoms with Crippen molar-refractivity contribution in [2.75, 3.05) is 20.6 Å². The molecule has 1 saturated carbocycles.